The molecule has 6 nitrogen and oxygen atoms in total. The van der Waals surface area contributed by atoms with E-state index in [9.17, 15) is 5.11 Å². The number of nitrogens with one attached hydrogen (secondary N) is 1. The number of rotatable bonds is 1. The molecular weight excluding hydrogens is 352 g/mol. The number of nitrogens with zero attached hydrogens (tertiary/aromatic N) is 3. The molecule has 0 spiro atoms. The average molecular weight is 374 g/mol. The number of aromatic nitrogens is 3. The minimum atomic E-state index is 0. The Morgan fingerprint density at radius 2 is 2.14 bits per heavy atom. The van der Waals surface area contributed by atoms with Gasteiger partial charge < -0.3 is 9.52 Å². The van der Waals surface area contributed by atoms with Gasteiger partial charge in [-0.2, -0.15) is 10.4 Å². The van der Waals surface area contributed by atoms with Crippen molar-refractivity contribution in [3.8, 4) is 23.3 Å². The molecule has 5 rings (SSSR count). The lowest BCUT2D eigenvalue weighted by Crippen LogP contribution is -2.11. The van der Waals surface area contributed by atoms with Crippen molar-refractivity contribution in [2.75, 3.05) is 0 Å². The number of phenols is 1. The van der Waals surface area contributed by atoms with Gasteiger partial charge in [0.15, 0.2) is 12.2 Å². The van der Waals surface area contributed by atoms with Gasteiger partial charge in [-0.3, -0.25) is 5.10 Å². The standard InChI is InChI=1S/C12H13N.C10H7N3O2.H2/c1-9-2-4-12-7-10(8-13)3-5-11(12)6-9;14-6-1-2-8-7(3-6)10(13-12-8)9-4-11-5-15-9;/h3,5,7,9H,2,4,6H2,1H3;1-5,14H,(H,12,13);1H/t9-;;/m0../s1. The van der Waals surface area contributed by atoms with Crippen LogP contribution in [0.1, 0.15) is 31.5 Å². The Morgan fingerprint density at radius 1 is 1.25 bits per heavy atom. The summed E-state index contributed by atoms with van der Waals surface area (Å²) >= 11 is 0. The summed E-state index contributed by atoms with van der Waals surface area (Å²) < 4.78 is 5.15. The zero-order chi connectivity index (χ0) is 19.5. The highest BCUT2D eigenvalue weighted by Gasteiger charge is 2.14. The number of hydrogen-bond acceptors (Lipinski definition) is 5. The molecule has 2 aromatic carbocycles. The first-order chi connectivity index (χ1) is 13.6. The molecule has 0 fully saturated rings. The van der Waals surface area contributed by atoms with Gasteiger partial charge in [0.2, 0.25) is 0 Å². The van der Waals surface area contributed by atoms with Gasteiger partial charge >= 0.3 is 0 Å². The fourth-order valence-corrected chi connectivity index (χ4v) is 3.53. The van der Waals surface area contributed by atoms with E-state index in [1.807, 2.05) is 12.1 Å². The number of oxazole rings is 1. The second-order valence-electron chi connectivity index (χ2n) is 7.11. The number of phenolic OH excluding ortho intramolecular Hbond substituents is 1. The summed E-state index contributed by atoms with van der Waals surface area (Å²) in [5, 5.41) is 25.9. The van der Waals surface area contributed by atoms with Gasteiger partial charge in [-0.25, -0.2) is 4.98 Å². The van der Waals surface area contributed by atoms with Crippen LogP contribution in [0.2, 0.25) is 0 Å². The van der Waals surface area contributed by atoms with E-state index in [1.165, 1.54) is 30.4 Å². The third-order valence-electron chi connectivity index (χ3n) is 5.02. The van der Waals surface area contributed by atoms with Gasteiger partial charge in [-0.05, 0) is 66.6 Å². The summed E-state index contributed by atoms with van der Waals surface area (Å²) in [6.45, 7) is 2.29. The summed E-state index contributed by atoms with van der Waals surface area (Å²) in [5.41, 5.74) is 5.13. The predicted molar refractivity (Wildman–Crippen MR) is 108 cm³/mol. The van der Waals surface area contributed by atoms with Crippen molar-refractivity contribution in [2.45, 2.75) is 26.2 Å². The Morgan fingerprint density at radius 3 is 2.93 bits per heavy atom. The summed E-state index contributed by atoms with van der Waals surface area (Å²) in [6.07, 6.45) is 6.52. The number of aryl methyl sites for hydroxylation is 1. The van der Waals surface area contributed by atoms with Gasteiger partial charge in [0, 0.05) is 6.81 Å². The molecule has 0 radical (unpaired) electrons. The molecular formula is C22H22N4O2. The maximum absolute atomic E-state index is 9.38. The topological polar surface area (TPSA) is 98.7 Å². The van der Waals surface area contributed by atoms with Crippen LogP contribution in [-0.2, 0) is 12.8 Å². The van der Waals surface area contributed by atoms with Crippen LogP contribution < -0.4 is 0 Å². The maximum atomic E-state index is 9.38. The molecule has 0 aliphatic heterocycles. The monoisotopic (exact) mass is 374 g/mol. The highest BCUT2D eigenvalue weighted by molar-refractivity contribution is 5.92. The summed E-state index contributed by atoms with van der Waals surface area (Å²) in [4.78, 5) is 3.82. The van der Waals surface area contributed by atoms with Crippen molar-refractivity contribution in [2.24, 2.45) is 5.92 Å². The number of aromatic amines is 1. The normalized spacial score (nSPS) is 15.4. The first-order valence-corrected chi connectivity index (χ1v) is 9.22. The third-order valence-corrected chi connectivity index (χ3v) is 5.02. The molecule has 0 saturated heterocycles. The van der Waals surface area contributed by atoms with Gasteiger partial charge in [0.05, 0.1) is 23.3 Å². The molecule has 0 amide bonds. The van der Waals surface area contributed by atoms with Gasteiger partial charge in [-0.1, -0.05) is 13.0 Å². The zero-order valence-electron chi connectivity index (χ0n) is 15.5. The molecule has 1 aliphatic carbocycles. The average Bonchev–Trinajstić information content (AvgIpc) is 3.37. The van der Waals surface area contributed by atoms with E-state index in [0.29, 0.717) is 11.5 Å². The molecule has 0 unspecified atom stereocenters. The van der Waals surface area contributed by atoms with Crippen molar-refractivity contribution in [1.29, 1.82) is 5.26 Å². The number of fused-ring (bicyclic) bond motifs is 2. The van der Waals surface area contributed by atoms with Gasteiger partial charge in [0.1, 0.15) is 11.4 Å². The molecule has 2 N–H and O–H groups in total. The van der Waals surface area contributed by atoms with Gasteiger partial charge in [-0.15, -0.1) is 0 Å². The highest BCUT2D eigenvalue weighted by atomic mass is 16.3. The molecule has 0 saturated carbocycles. The van der Waals surface area contributed by atoms with E-state index in [4.69, 9.17) is 9.68 Å². The summed E-state index contributed by atoms with van der Waals surface area (Å²) in [7, 11) is 0. The molecule has 0 bridgehead atoms. The maximum Gasteiger partial charge on any atom is 0.181 e. The summed E-state index contributed by atoms with van der Waals surface area (Å²) in [6, 6.07) is 13.3. The first-order valence-electron chi connectivity index (χ1n) is 9.22. The van der Waals surface area contributed by atoms with E-state index in [0.717, 1.165) is 28.8 Å². The van der Waals surface area contributed by atoms with Crippen LogP contribution in [0.4, 0.5) is 0 Å². The molecule has 142 valence electrons. The van der Waals surface area contributed by atoms with Crippen LogP contribution in [0.15, 0.2) is 53.4 Å². The molecule has 1 aliphatic rings. The van der Waals surface area contributed by atoms with Crippen molar-refractivity contribution in [1.82, 2.24) is 15.2 Å². The predicted octanol–water partition coefficient (Wildman–Crippen LogP) is 4.85. The molecule has 28 heavy (non-hydrogen) atoms. The van der Waals surface area contributed by atoms with E-state index < -0.39 is 0 Å². The van der Waals surface area contributed by atoms with E-state index in [1.54, 1.807) is 24.4 Å². The Bertz CT molecular complexity index is 1150. The number of hydrogen-bond donors (Lipinski definition) is 2. The SMILES string of the molecule is C[C@H]1CCc2cc(C#N)ccc2C1.Oc1ccc2[nH]nc(-c3cnco3)c2c1.[HH]. The second kappa shape index (κ2) is 7.57. The molecule has 4 aromatic rings. The van der Waals surface area contributed by atoms with Crippen LogP contribution in [0.25, 0.3) is 22.4 Å². The van der Waals surface area contributed by atoms with Gasteiger partial charge in [0.25, 0.3) is 0 Å². The Balaban J connectivity index is 0.000000162. The fraction of sp³-hybridized carbons (Fsp3) is 0.227. The Hall–Kier alpha value is -3.59. The van der Waals surface area contributed by atoms with E-state index in [2.05, 4.69) is 34.2 Å². The lowest BCUT2D eigenvalue weighted by Gasteiger charge is -2.21. The number of H-pyrrole nitrogens is 1. The van der Waals surface area contributed by atoms with Crippen LogP contribution in [0.3, 0.4) is 0 Å². The lowest BCUT2D eigenvalue weighted by atomic mass is 9.84. The van der Waals surface area contributed by atoms with Crippen LogP contribution in [-0.4, -0.2) is 20.3 Å². The first kappa shape index (κ1) is 17.8. The van der Waals surface area contributed by atoms with E-state index >= 15 is 0 Å². The van der Waals surface area contributed by atoms with Crippen molar-refractivity contribution in [3.05, 3.63) is 65.7 Å². The fourth-order valence-electron chi connectivity index (χ4n) is 3.53. The second-order valence-corrected chi connectivity index (χ2v) is 7.11. The smallest absolute Gasteiger partial charge is 0.181 e. The molecule has 6 heteroatoms. The van der Waals surface area contributed by atoms with Crippen LogP contribution in [0.5, 0.6) is 5.75 Å². The Labute approximate surface area is 163 Å². The molecule has 1 atom stereocenters. The van der Waals surface area contributed by atoms with E-state index in [-0.39, 0.29) is 7.18 Å². The minimum Gasteiger partial charge on any atom is -0.508 e. The number of benzene rings is 2. The van der Waals surface area contributed by atoms with Crippen LogP contribution >= 0.6 is 0 Å². The number of nitriles is 1. The number of aromatic hydroxyl groups is 1. The molecule has 2 heterocycles. The lowest BCUT2D eigenvalue weighted by molar-refractivity contribution is 0.476. The molecule has 2 aromatic heterocycles. The largest absolute Gasteiger partial charge is 0.508 e. The summed E-state index contributed by atoms with van der Waals surface area (Å²) in [5.74, 6) is 1.58. The van der Waals surface area contributed by atoms with Crippen LogP contribution in [0, 0.1) is 17.2 Å². The van der Waals surface area contributed by atoms with Crippen molar-refractivity contribution in [3.63, 3.8) is 0 Å². The quantitative estimate of drug-likeness (QED) is 0.496. The third kappa shape index (κ3) is 3.60. The van der Waals surface area contributed by atoms with Crippen molar-refractivity contribution >= 4 is 10.9 Å². The zero-order valence-corrected chi connectivity index (χ0v) is 15.5. The Kier molecular flexibility index (Phi) is 4.81. The highest BCUT2D eigenvalue weighted by Crippen LogP contribution is 2.28. The minimum absolute atomic E-state index is 0. The van der Waals surface area contributed by atoms with Crippen molar-refractivity contribution < 1.29 is 11.0 Å².